The van der Waals surface area contributed by atoms with Gasteiger partial charge in [0.1, 0.15) is 11.4 Å². The summed E-state index contributed by atoms with van der Waals surface area (Å²) in [5, 5.41) is 0. The van der Waals surface area contributed by atoms with Crippen molar-refractivity contribution in [2.75, 3.05) is 13.2 Å². The number of allylic oxidation sites excluding steroid dienone is 1. The van der Waals surface area contributed by atoms with Crippen molar-refractivity contribution >= 4 is 17.5 Å². The van der Waals surface area contributed by atoms with Crippen molar-refractivity contribution in [3.05, 3.63) is 41.1 Å². The molecule has 0 aliphatic heterocycles. The van der Waals surface area contributed by atoms with E-state index in [1.165, 1.54) is 5.56 Å². The summed E-state index contributed by atoms with van der Waals surface area (Å²) in [5.41, 5.74) is 8.93. The van der Waals surface area contributed by atoms with Gasteiger partial charge in [0.25, 0.3) is 0 Å². The molecule has 34 heavy (non-hydrogen) atoms. The normalized spacial score (nSPS) is 23.8. The van der Waals surface area contributed by atoms with Crippen LogP contribution in [0.4, 0.5) is 0 Å². The molecule has 0 heterocycles. The standard InChI is InChI=1S/C28H40N2O4/c1-3-33-28(32)27(29)24-12-5-6-13-25(24)30-19-22(31)17-15-21-10-8-11-23(18-16-21)34-26-14-7-4-9-20(26)2/h4,7,9,14,21,23H,3,5-6,8,10-13,15-19,29H2,1-2H3. The zero-order valence-electron chi connectivity index (χ0n) is 20.8. The molecule has 3 rings (SSSR count). The third-order valence-electron chi connectivity index (χ3n) is 6.96. The van der Waals surface area contributed by atoms with Crippen LogP contribution in [0.25, 0.3) is 0 Å². The van der Waals surface area contributed by atoms with E-state index in [4.69, 9.17) is 15.2 Å². The molecule has 2 N–H and O–H groups in total. The molecule has 0 aromatic heterocycles. The van der Waals surface area contributed by atoms with Crippen LogP contribution in [-0.4, -0.2) is 36.7 Å². The molecule has 6 nitrogen and oxygen atoms in total. The van der Waals surface area contributed by atoms with Crippen molar-refractivity contribution in [3.8, 4) is 5.75 Å². The van der Waals surface area contributed by atoms with Crippen LogP contribution in [0.3, 0.4) is 0 Å². The molecule has 2 saturated carbocycles. The number of carbonyl (C=O) groups excluding carboxylic acids is 2. The van der Waals surface area contributed by atoms with Crippen LogP contribution in [0.1, 0.15) is 83.1 Å². The molecule has 0 bridgehead atoms. The molecule has 0 amide bonds. The third kappa shape index (κ3) is 7.71. The SMILES string of the molecule is CCOC(=O)C(N)=C1CCCCC1=NCC(=O)CCC1CCCC(Oc2ccccc2C)CC1. The molecule has 2 atom stereocenters. The number of aliphatic imine (C=N–C) groups is 1. The molecule has 1 aromatic rings. The van der Waals surface area contributed by atoms with Crippen molar-refractivity contribution in [1.29, 1.82) is 0 Å². The maximum atomic E-state index is 12.6. The van der Waals surface area contributed by atoms with E-state index in [-0.39, 0.29) is 30.7 Å². The highest BCUT2D eigenvalue weighted by atomic mass is 16.5. The lowest BCUT2D eigenvalue weighted by atomic mass is 9.91. The summed E-state index contributed by atoms with van der Waals surface area (Å²) in [6.07, 6.45) is 10.7. The number of hydrogen-bond acceptors (Lipinski definition) is 6. The second-order valence-corrected chi connectivity index (χ2v) is 9.54. The van der Waals surface area contributed by atoms with Crippen LogP contribution in [0.5, 0.6) is 5.75 Å². The van der Waals surface area contributed by atoms with E-state index in [2.05, 4.69) is 18.0 Å². The Morgan fingerprint density at radius 3 is 2.65 bits per heavy atom. The second kappa shape index (κ2) is 13.3. The fourth-order valence-electron chi connectivity index (χ4n) is 4.93. The Balaban J connectivity index is 1.47. The number of para-hydroxylation sites is 1. The number of rotatable bonds is 9. The molecule has 2 aliphatic rings. The summed E-state index contributed by atoms with van der Waals surface area (Å²) in [5.74, 6) is 1.22. The van der Waals surface area contributed by atoms with E-state index in [9.17, 15) is 9.59 Å². The minimum absolute atomic E-state index is 0.147. The summed E-state index contributed by atoms with van der Waals surface area (Å²) >= 11 is 0. The lowest BCUT2D eigenvalue weighted by Crippen LogP contribution is -2.23. The minimum Gasteiger partial charge on any atom is -0.490 e. The molecule has 6 heteroatoms. The number of ketones is 1. The molecule has 2 aliphatic carbocycles. The fourth-order valence-corrected chi connectivity index (χ4v) is 4.93. The van der Waals surface area contributed by atoms with Crippen molar-refractivity contribution in [1.82, 2.24) is 0 Å². The molecule has 186 valence electrons. The van der Waals surface area contributed by atoms with E-state index >= 15 is 0 Å². The summed E-state index contributed by atoms with van der Waals surface area (Å²) in [6.45, 7) is 4.30. The van der Waals surface area contributed by atoms with Crippen LogP contribution in [0.15, 0.2) is 40.5 Å². The Morgan fingerprint density at radius 2 is 1.85 bits per heavy atom. The monoisotopic (exact) mass is 468 g/mol. The van der Waals surface area contributed by atoms with Crippen LogP contribution in [0.2, 0.25) is 0 Å². The maximum Gasteiger partial charge on any atom is 0.354 e. The molecular weight excluding hydrogens is 428 g/mol. The second-order valence-electron chi connectivity index (χ2n) is 9.54. The van der Waals surface area contributed by atoms with Crippen molar-refractivity contribution in [3.63, 3.8) is 0 Å². The highest BCUT2D eigenvalue weighted by molar-refractivity contribution is 6.07. The van der Waals surface area contributed by atoms with Crippen LogP contribution in [-0.2, 0) is 14.3 Å². The first-order valence-electron chi connectivity index (χ1n) is 12.9. The number of carbonyl (C=O) groups is 2. The molecule has 1 aromatic carbocycles. The fraction of sp³-hybridized carbons (Fsp3) is 0.607. The highest BCUT2D eigenvalue weighted by Gasteiger charge is 2.23. The molecule has 0 saturated heterocycles. The van der Waals surface area contributed by atoms with Gasteiger partial charge in [0.2, 0.25) is 0 Å². The third-order valence-corrected chi connectivity index (χ3v) is 6.96. The van der Waals surface area contributed by atoms with Crippen molar-refractivity contribution in [2.45, 2.75) is 90.6 Å². The summed E-state index contributed by atoms with van der Waals surface area (Å²) in [4.78, 5) is 29.2. The van der Waals surface area contributed by atoms with Crippen LogP contribution >= 0.6 is 0 Å². The van der Waals surface area contributed by atoms with Gasteiger partial charge in [-0.1, -0.05) is 24.6 Å². The van der Waals surface area contributed by atoms with E-state index in [1.54, 1.807) is 6.92 Å². The predicted octanol–water partition coefficient (Wildman–Crippen LogP) is 5.46. The Hall–Kier alpha value is -2.63. The Bertz CT molecular complexity index is 905. The molecule has 0 radical (unpaired) electrons. The van der Waals surface area contributed by atoms with E-state index in [1.807, 2.05) is 18.2 Å². The van der Waals surface area contributed by atoms with Gasteiger partial charge in [-0.2, -0.15) is 0 Å². The zero-order chi connectivity index (χ0) is 24.3. The summed E-state index contributed by atoms with van der Waals surface area (Å²) in [6, 6.07) is 8.19. The first-order valence-corrected chi connectivity index (χ1v) is 12.9. The largest absolute Gasteiger partial charge is 0.490 e. The van der Waals surface area contributed by atoms with Gasteiger partial charge in [0.05, 0.1) is 19.3 Å². The Labute approximate surface area is 204 Å². The van der Waals surface area contributed by atoms with Gasteiger partial charge in [-0.05, 0) is 89.2 Å². The quantitative estimate of drug-likeness (QED) is 0.295. The smallest absolute Gasteiger partial charge is 0.354 e. The zero-order valence-corrected chi connectivity index (χ0v) is 20.8. The van der Waals surface area contributed by atoms with Crippen LogP contribution < -0.4 is 10.5 Å². The lowest BCUT2D eigenvalue weighted by Gasteiger charge is -2.19. The number of nitrogens with zero attached hydrogens (tertiary/aromatic N) is 1. The minimum atomic E-state index is -0.489. The topological polar surface area (TPSA) is 91.0 Å². The van der Waals surface area contributed by atoms with Crippen molar-refractivity contribution in [2.24, 2.45) is 16.6 Å². The van der Waals surface area contributed by atoms with Gasteiger partial charge in [-0.25, -0.2) is 4.79 Å². The average molecular weight is 469 g/mol. The van der Waals surface area contributed by atoms with Gasteiger partial charge in [-0.15, -0.1) is 0 Å². The van der Waals surface area contributed by atoms with E-state index in [0.29, 0.717) is 18.8 Å². The van der Waals surface area contributed by atoms with Gasteiger partial charge in [0, 0.05) is 17.7 Å². The number of nitrogens with two attached hydrogens (primary N) is 1. The number of aryl methyl sites for hydroxylation is 1. The molecule has 2 unspecified atom stereocenters. The van der Waals surface area contributed by atoms with Crippen LogP contribution in [0, 0.1) is 12.8 Å². The maximum absolute atomic E-state index is 12.6. The number of esters is 1. The number of ether oxygens (including phenoxy) is 2. The highest BCUT2D eigenvalue weighted by Crippen LogP contribution is 2.30. The first-order chi connectivity index (χ1) is 16.5. The number of hydrogen-bond donors (Lipinski definition) is 1. The average Bonchev–Trinajstić information content (AvgIpc) is 3.08. The Morgan fingerprint density at radius 1 is 1.06 bits per heavy atom. The van der Waals surface area contributed by atoms with Gasteiger partial charge in [0.15, 0.2) is 5.78 Å². The molecular formula is C28H40N2O4. The van der Waals surface area contributed by atoms with E-state index < -0.39 is 5.97 Å². The number of Topliss-reactive ketones (excluding diaryl/α,β-unsaturated/α-hetero) is 1. The van der Waals surface area contributed by atoms with Gasteiger partial charge in [-0.3, -0.25) is 9.79 Å². The van der Waals surface area contributed by atoms with Gasteiger partial charge >= 0.3 is 5.97 Å². The molecule has 2 fully saturated rings. The summed E-state index contributed by atoms with van der Waals surface area (Å²) < 4.78 is 11.3. The lowest BCUT2D eigenvalue weighted by molar-refractivity contribution is -0.138. The van der Waals surface area contributed by atoms with Gasteiger partial charge < -0.3 is 15.2 Å². The Kier molecular flexibility index (Phi) is 10.2. The number of benzene rings is 1. The molecule has 0 spiro atoms. The predicted molar refractivity (Wildman–Crippen MR) is 135 cm³/mol. The first kappa shape index (κ1) is 26.0. The van der Waals surface area contributed by atoms with E-state index in [0.717, 1.165) is 74.8 Å². The summed E-state index contributed by atoms with van der Waals surface area (Å²) in [7, 11) is 0. The van der Waals surface area contributed by atoms with Crippen molar-refractivity contribution < 1.29 is 19.1 Å².